The molecule has 0 heterocycles. The van der Waals surface area contributed by atoms with E-state index >= 15 is 0 Å². The number of halogens is 2. The summed E-state index contributed by atoms with van der Waals surface area (Å²) in [7, 11) is 0. The summed E-state index contributed by atoms with van der Waals surface area (Å²) in [5, 5.41) is 0. The topological polar surface area (TPSA) is 0 Å². The maximum absolute atomic E-state index is 12.1. The molecule has 1 rings (SSSR count). The molecule has 0 aromatic rings. The summed E-state index contributed by atoms with van der Waals surface area (Å²) >= 11 is 0. The van der Waals surface area contributed by atoms with Crippen LogP contribution in [0.5, 0.6) is 0 Å². The number of hydrogen-bond acceptors (Lipinski definition) is 0. The van der Waals surface area contributed by atoms with Crippen molar-refractivity contribution in [3.63, 3.8) is 0 Å². The van der Waals surface area contributed by atoms with Crippen molar-refractivity contribution in [2.75, 3.05) is 0 Å². The fourth-order valence-electron chi connectivity index (χ4n) is 0.831. The van der Waals surface area contributed by atoms with Crippen LogP contribution in [0.4, 0.5) is 8.78 Å². The predicted octanol–water partition coefficient (Wildman–Crippen LogP) is 2.26. The van der Waals surface area contributed by atoms with E-state index in [9.17, 15) is 8.78 Å². The van der Waals surface area contributed by atoms with Gasteiger partial charge >= 0.3 is 0 Å². The monoisotopic (exact) mass is 119 g/mol. The maximum Gasteiger partial charge on any atom is 0.251 e. The first-order valence-corrected chi connectivity index (χ1v) is 2.84. The van der Waals surface area contributed by atoms with Crippen LogP contribution in [0.15, 0.2) is 0 Å². The van der Waals surface area contributed by atoms with E-state index in [2.05, 4.69) is 6.92 Å². The lowest BCUT2D eigenvalue weighted by atomic mass is 9.81. The van der Waals surface area contributed by atoms with Crippen molar-refractivity contribution in [2.24, 2.45) is 5.92 Å². The minimum Gasteiger partial charge on any atom is -0.207 e. The molecule has 1 fully saturated rings. The molecule has 8 heavy (non-hydrogen) atoms. The van der Waals surface area contributed by atoms with Crippen molar-refractivity contribution in [3.8, 4) is 0 Å². The summed E-state index contributed by atoms with van der Waals surface area (Å²) in [4.78, 5) is 0. The van der Waals surface area contributed by atoms with Crippen LogP contribution in [0.2, 0.25) is 0 Å². The van der Waals surface area contributed by atoms with Crippen LogP contribution < -0.4 is 0 Å². The van der Waals surface area contributed by atoms with E-state index in [1.54, 1.807) is 0 Å². The van der Waals surface area contributed by atoms with E-state index < -0.39 is 11.8 Å². The fourth-order valence-corrected chi connectivity index (χ4v) is 0.831. The zero-order valence-corrected chi connectivity index (χ0v) is 4.66. The molecule has 0 aromatic carbocycles. The summed E-state index contributed by atoms with van der Waals surface area (Å²) < 4.78 is 24.1. The summed E-state index contributed by atoms with van der Waals surface area (Å²) in [5.74, 6) is -3.07. The highest BCUT2D eigenvalue weighted by molar-refractivity contribution is 4.84. The second-order valence-electron chi connectivity index (χ2n) is 2.39. The second kappa shape index (κ2) is 1.67. The molecule has 0 amide bonds. The summed E-state index contributed by atoms with van der Waals surface area (Å²) in [5.41, 5.74) is 0. The van der Waals surface area contributed by atoms with Crippen LogP contribution in [0, 0.1) is 12.8 Å². The van der Waals surface area contributed by atoms with Gasteiger partial charge in [0.05, 0.1) is 0 Å². The van der Waals surface area contributed by atoms with Crippen molar-refractivity contribution in [1.29, 1.82) is 0 Å². The molecule has 1 aliphatic carbocycles. The van der Waals surface area contributed by atoms with Gasteiger partial charge in [-0.15, -0.1) is 0 Å². The van der Waals surface area contributed by atoms with E-state index in [0.29, 0.717) is 12.8 Å². The van der Waals surface area contributed by atoms with Crippen LogP contribution in [0.3, 0.4) is 0 Å². The zero-order chi connectivity index (χ0) is 6.20. The molecule has 0 bridgehead atoms. The maximum atomic E-state index is 12.1. The highest BCUT2D eigenvalue weighted by Gasteiger charge is 2.37. The molecule has 0 unspecified atom stereocenters. The van der Waals surface area contributed by atoms with Crippen LogP contribution >= 0.6 is 0 Å². The second-order valence-corrected chi connectivity index (χ2v) is 2.39. The van der Waals surface area contributed by atoms with Gasteiger partial charge < -0.3 is 0 Å². The fraction of sp³-hybridized carbons (Fsp3) is 0.833. The average Bonchev–Trinajstić information content (AvgIpc) is 1.16. The SMILES string of the molecule is [CH2]C(F)(F)C1CCC1. The Morgan fingerprint density at radius 3 is 1.88 bits per heavy atom. The van der Waals surface area contributed by atoms with Crippen molar-refractivity contribution in [3.05, 3.63) is 6.92 Å². The first-order valence-electron chi connectivity index (χ1n) is 2.84. The third-order valence-corrected chi connectivity index (χ3v) is 1.70. The van der Waals surface area contributed by atoms with Gasteiger partial charge in [-0.1, -0.05) is 6.42 Å². The lowest BCUT2D eigenvalue weighted by molar-refractivity contribution is -0.0455. The summed E-state index contributed by atoms with van der Waals surface area (Å²) in [6.07, 6.45) is 2.28. The quantitative estimate of drug-likeness (QED) is 0.496. The molecule has 47 valence electrons. The summed E-state index contributed by atoms with van der Waals surface area (Å²) in [6, 6.07) is 0. The highest BCUT2D eigenvalue weighted by atomic mass is 19.3. The Morgan fingerprint density at radius 2 is 1.88 bits per heavy atom. The minimum absolute atomic E-state index is 0.414. The van der Waals surface area contributed by atoms with Crippen LogP contribution in [0.1, 0.15) is 19.3 Å². The van der Waals surface area contributed by atoms with Crippen LogP contribution in [-0.2, 0) is 0 Å². The van der Waals surface area contributed by atoms with E-state index in [1.165, 1.54) is 0 Å². The van der Waals surface area contributed by atoms with Gasteiger partial charge in [-0.2, -0.15) is 0 Å². The van der Waals surface area contributed by atoms with Crippen molar-refractivity contribution in [2.45, 2.75) is 25.2 Å². The molecular weight excluding hydrogens is 110 g/mol. The van der Waals surface area contributed by atoms with Crippen molar-refractivity contribution >= 4 is 0 Å². The first-order chi connectivity index (χ1) is 3.61. The van der Waals surface area contributed by atoms with E-state index in [-0.39, 0.29) is 0 Å². The van der Waals surface area contributed by atoms with Crippen molar-refractivity contribution in [1.82, 2.24) is 0 Å². The normalized spacial score (nSPS) is 22.9. The molecule has 0 N–H and O–H groups in total. The van der Waals surface area contributed by atoms with Gasteiger partial charge in [0.2, 0.25) is 0 Å². The van der Waals surface area contributed by atoms with Crippen LogP contribution in [-0.4, -0.2) is 5.92 Å². The molecule has 1 radical (unpaired) electrons. The predicted molar refractivity (Wildman–Crippen MR) is 27.6 cm³/mol. The van der Waals surface area contributed by atoms with Gasteiger partial charge in [-0.05, 0) is 12.8 Å². The van der Waals surface area contributed by atoms with Crippen LogP contribution in [0.25, 0.3) is 0 Å². The third kappa shape index (κ3) is 0.984. The minimum atomic E-state index is -2.65. The molecular formula is C6H9F2. The number of alkyl halides is 2. The molecule has 0 nitrogen and oxygen atoms in total. The Bertz CT molecular complexity index is 79.0. The number of hydrogen-bond donors (Lipinski definition) is 0. The lowest BCUT2D eigenvalue weighted by Gasteiger charge is -2.30. The van der Waals surface area contributed by atoms with E-state index in [1.807, 2.05) is 0 Å². The lowest BCUT2D eigenvalue weighted by Crippen LogP contribution is -2.30. The van der Waals surface area contributed by atoms with E-state index in [0.717, 1.165) is 6.42 Å². The van der Waals surface area contributed by atoms with E-state index in [4.69, 9.17) is 0 Å². The van der Waals surface area contributed by atoms with Gasteiger partial charge in [-0.3, -0.25) is 0 Å². The van der Waals surface area contributed by atoms with Gasteiger partial charge in [-0.25, -0.2) is 8.78 Å². The van der Waals surface area contributed by atoms with Crippen molar-refractivity contribution < 1.29 is 8.78 Å². The smallest absolute Gasteiger partial charge is 0.207 e. The average molecular weight is 119 g/mol. The van der Waals surface area contributed by atoms with Gasteiger partial charge in [0.1, 0.15) is 0 Å². The molecule has 1 aliphatic rings. The van der Waals surface area contributed by atoms with Gasteiger partial charge in [0.15, 0.2) is 0 Å². The van der Waals surface area contributed by atoms with Gasteiger partial charge in [0.25, 0.3) is 5.92 Å². The molecule has 0 atom stereocenters. The zero-order valence-electron chi connectivity index (χ0n) is 4.66. The molecule has 2 heteroatoms. The Labute approximate surface area is 47.9 Å². The molecule has 0 aliphatic heterocycles. The number of rotatable bonds is 1. The largest absolute Gasteiger partial charge is 0.251 e. The first kappa shape index (κ1) is 5.99. The Morgan fingerprint density at radius 1 is 1.38 bits per heavy atom. The molecule has 0 spiro atoms. The molecule has 1 saturated carbocycles. The molecule has 0 saturated heterocycles. The third-order valence-electron chi connectivity index (χ3n) is 1.70. The highest BCUT2D eigenvalue weighted by Crippen LogP contribution is 2.38. The standard InChI is InChI=1S/C6H9F2/c1-6(7,8)5-3-2-4-5/h5H,1-4H2. The summed E-state index contributed by atoms with van der Waals surface area (Å²) in [6.45, 7) is 2.76. The Hall–Kier alpha value is -0.140. The molecule has 0 aromatic heterocycles. The Balaban J connectivity index is 2.34. The Kier molecular flexibility index (Phi) is 1.25. The van der Waals surface area contributed by atoms with Gasteiger partial charge in [0, 0.05) is 12.8 Å².